The highest BCUT2D eigenvalue weighted by Crippen LogP contribution is 2.18. The molecule has 25 heavy (non-hydrogen) atoms. The number of para-hydroxylation sites is 1. The van der Waals surface area contributed by atoms with Crippen molar-refractivity contribution in [3.8, 4) is 5.75 Å². The monoisotopic (exact) mass is 353 g/mol. The number of aliphatic imine (C=N–C) groups is 1. The lowest BCUT2D eigenvalue weighted by Crippen LogP contribution is -2.50. The summed E-state index contributed by atoms with van der Waals surface area (Å²) in [4.78, 5) is 20.3. The molecule has 1 aliphatic rings. The maximum absolute atomic E-state index is 12.3. The Morgan fingerprint density at radius 2 is 1.72 bits per heavy atom. The third kappa shape index (κ3) is 4.66. The Hall–Kier alpha value is -2.69. The molecule has 0 saturated carbocycles. The first kappa shape index (κ1) is 17.1. The second-order valence-corrected chi connectivity index (χ2v) is 5.87. The molecule has 0 radical (unpaired) electrons. The van der Waals surface area contributed by atoms with Crippen molar-refractivity contribution in [1.29, 1.82) is 0 Å². The third-order valence-electron chi connectivity index (χ3n) is 4.13. The Morgan fingerprint density at radius 1 is 1.04 bits per heavy atom. The fraction of sp³-hybridized carbons (Fsp3) is 0.263. The van der Waals surface area contributed by atoms with Crippen LogP contribution < -0.4 is 9.64 Å². The standard InChI is InChI=1S/C19H19N3O2S/c23-19(14-24-18-8-6-16(7-9-18)20-15-25)22-12-10-21(11-13-22)17-4-2-1-3-5-17/h1-9H,10-14H2. The number of benzene rings is 2. The molecule has 0 atom stereocenters. The first-order chi connectivity index (χ1) is 12.3. The highest BCUT2D eigenvalue weighted by Gasteiger charge is 2.21. The van der Waals surface area contributed by atoms with Crippen LogP contribution in [0.5, 0.6) is 5.75 Å². The van der Waals surface area contributed by atoms with Gasteiger partial charge in [-0.05, 0) is 48.6 Å². The fourth-order valence-corrected chi connectivity index (χ4v) is 2.86. The van der Waals surface area contributed by atoms with Gasteiger partial charge in [0.1, 0.15) is 5.75 Å². The average molecular weight is 353 g/mol. The molecule has 1 saturated heterocycles. The summed E-state index contributed by atoms with van der Waals surface area (Å²) < 4.78 is 5.57. The molecule has 128 valence electrons. The van der Waals surface area contributed by atoms with E-state index in [2.05, 4.69) is 39.4 Å². The van der Waals surface area contributed by atoms with Crippen molar-refractivity contribution in [2.75, 3.05) is 37.7 Å². The molecule has 1 fully saturated rings. The second-order valence-electron chi connectivity index (χ2n) is 5.69. The van der Waals surface area contributed by atoms with Crippen LogP contribution in [0.25, 0.3) is 0 Å². The minimum absolute atomic E-state index is 0.00806. The van der Waals surface area contributed by atoms with Gasteiger partial charge in [-0.15, -0.1) is 0 Å². The number of rotatable bonds is 5. The van der Waals surface area contributed by atoms with Crippen molar-refractivity contribution < 1.29 is 9.53 Å². The number of ether oxygens (including phenoxy) is 1. The molecule has 3 rings (SSSR count). The minimum atomic E-state index is 0.00806. The lowest BCUT2D eigenvalue weighted by atomic mass is 10.2. The van der Waals surface area contributed by atoms with Crippen molar-refractivity contribution in [2.45, 2.75) is 0 Å². The zero-order chi connectivity index (χ0) is 17.5. The van der Waals surface area contributed by atoms with E-state index in [1.165, 1.54) is 5.69 Å². The number of piperazine rings is 1. The van der Waals surface area contributed by atoms with E-state index in [9.17, 15) is 4.79 Å². The lowest BCUT2D eigenvalue weighted by Gasteiger charge is -2.36. The number of thiocarbonyl (C=S) groups is 1. The number of hydrogen-bond donors (Lipinski definition) is 0. The van der Waals surface area contributed by atoms with Crippen molar-refractivity contribution in [1.82, 2.24) is 4.90 Å². The highest BCUT2D eigenvalue weighted by atomic mass is 32.1. The Balaban J connectivity index is 1.47. The first-order valence-corrected chi connectivity index (χ1v) is 8.55. The van der Waals surface area contributed by atoms with Crippen LogP contribution in [0, 0.1) is 0 Å². The van der Waals surface area contributed by atoms with Gasteiger partial charge in [-0.25, -0.2) is 0 Å². The lowest BCUT2D eigenvalue weighted by molar-refractivity contribution is -0.133. The zero-order valence-corrected chi connectivity index (χ0v) is 14.6. The quantitative estimate of drug-likeness (QED) is 0.612. The van der Waals surface area contributed by atoms with Gasteiger partial charge in [0, 0.05) is 31.9 Å². The number of carbonyl (C=O) groups excluding carboxylic acids is 1. The van der Waals surface area contributed by atoms with E-state index in [1.807, 2.05) is 23.1 Å². The number of nitrogens with zero attached hydrogens (tertiary/aromatic N) is 3. The number of carbonyl (C=O) groups is 1. The van der Waals surface area contributed by atoms with Crippen LogP contribution in [0.4, 0.5) is 11.4 Å². The third-order valence-corrected chi connectivity index (χ3v) is 4.22. The molecule has 0 N–H and O–H groups in total. The molecule has 0 unspecified atom stereocenters. The van der Waals surface area contributed by atoms with E-state index in [0.717, 1.165) is 13.1 Å². The van der Waals surface area contributed by atoms with Crippen molar-refractivity contribution in [3.05, 3.63) is 54.6 Å². The van der Waals surface area contributed by atoms with E-state index < -0.39 is 0 Å². The van der Waals surface area contributed by atoms with Gasteiger partial charge in [0.2, 0.25) is 0 Å². The molecule has 2 aromatic rings. The maximum Gasteiger partial charge on any atom is 0.260 e. The van der Waals surface area contributed by atoms with Gasteiger partial charge in [-0.1, -0.05) is 18.2 Å². The van der Waals surface area contributed by atoms with Gasteiger partial charge < -0.3 is 14.5 Å². The summed E-state index contributed by atoms with van der Waals surface area (Å²) in [5.74, 6) is 0.647. The van der Waals surface area contributed by atoms with E-state index in [1.54, 1.807) is 24.3 Å². The first-order valence-electron chi connectivity index (χ1n) is 8.15. The molecule has 0 aromatic heterocycles. The Morgan fingerprint density at radius 3 is 2.36 bits per heavy atom. The second kappa shape index (κ2) is 8.42. The van der Waals surface area contributed by atoms with Crippen LogP contribution >= 0.6 is 12.2 Å². The Bertz CT molecular complexity index is 750. The summed E-state index contributed by atoms with van der Waals surface area (Å²) >= 11 is 4.56. The molecule has 1 aliphatic heterocycles. The van der Waals surface area contributed by atoms with E-state index in [-0.39, 0.29) is 12.5 Å². The SMILES string of the molecule is O=C(COc1ccc(N=C=S)cc1)N1CCN(c2ccccc2)CC1. The van der Waals surface area contributed by atoms with E-state index in [4.69, 9.17) is 4.74 Å². The summed E-state index contributed by atoms with van der Waals surface area (Å²) in [5.41, 5.74) is 1.91. The average Bonchev–Trinajstić information content (AvgIpc) is 2.68. The molecule has 1 heterocycles. The molecule has 0 bridgehead atoms. The molecule has 2 aromatic carbocycles. The van der Waals surface area contributed by atoms with Crippen molar-refractivity contribution in [2.24, 2.45) is 4.99 Å². The largest absolute Gasteiger partial charge is 0.484 e. The summed E-state index contributed by atoms with van der Waals surface area (Å²) in [6.07, 6.45) is 0. The fourth-order valence-electron chi connectivity index (χ4n) is 2.76. The molecular formula is C19H19N3O2S. The number of amides is 1. The van der Waals surface area contributed by atoms with Crippen molar-refractivity contribution in [3.63, 3.8) is 0 Å². The van der Waals surface area contributed by atoms with E-state index in [0.29, 0.717) is 24.5 Å². The van der Waals surface area contributed by atoms with Gasteiger partial charge in [0.05, 0.1) is 10.8 Å². The molecule has 6 heteroatoms. The summed E-state index contributed by atoms with van der Waals surface area (Å²) in [5, 5.41) is 2.31. The predicted octanol–water partition coefficient (Wildman–Crippen LogP) is 3.15. The van der Waals surface area contributed by atoms with Crippen LogP contribution in [0.3, 0.4) is 0 Å². The predicted molar refractivity (Wildman–Crippen MR) is 102 cm³/mol. The summed E-state index contributed by atoms with van der Waals surface area (Å²) in [7, 11) is 0. The normalized spacial score (nSPS) is 13.9. The number of hydrogen-bond acceptors (Lipinski definition) is 5. The number of isothiocyanates is 1. The smallest absolute Gasteiger partial charge is 0.260 e. The van der Waals surface area contributed by atoms with Crippen LogP contribution in [-0.2, 0) is 4.79 Å². The van der Waals surface area contributed by atoms with Crippen LogP contribution in [0.1, 0.15) is 0 Å². The Labute approximate surface area is 152 Å². The number of anilines is 1. The van der Waals surface area contributed by atoms with Gasteiger partial charge in [-0.2, -0.15) is 4.99 Å². The molecule has 5 nitrogen and oxygen atoms in total. The Kier molecular flexibility index (Phi) is 5.77. The van der Waals surface area contributed by atoms with E-state index >= 15 is 0 Å². The van der Waals surface area contributed by atoms with Crippen molar-refractivity contribution >= 4 is 34.7 Å². The van der Waals surface area contributed by atoms with Crippen LogP contribution in [-0.4, -0.2) is 48.8 Å². The molecular weight excluding hydrogens is 334 g/mol. The summed E-state index contributed by atoms with van der Waals surface area (Å²) in [6.45, 7) is 3.12. The molecule has 1 amide bonds. The molecule has 0 spiro atoms. The van der Waals surface area contributed by atoms with Gasteiger partial charge in [0.15, 0.2) is 6.61 Å². The molecule has 0 aliphatic carbocycles. The highest BCUT2D eigenvalue weighted by molar-refractivity contribution is 7.78. The maximum atomic E-state index is 12.3. The minimum Gasteiger partial charge on any atom is -0.484 e. The van der Waals surface area contributed by atoms with Crippen LogP contribution in [0.15, 0.2) is 59.6 Å². The zero-order valence-electron chi connectivity index (χ0n) is 13.8. The van der Waals surface area contributed by atoms with Gasteiger partial charge in [-0.3, -0.25) is 4.79 Å². The van der Waals surface area contributed by atoms with Crippen LogP contribution in [0.2, 0.25) is 0 Å². The summed E-state index contributed by atoms with van der Waals surface area (Å²) in [6, 6.07) is 17.4. The van der Waals surface area contributed by atoms with Gasteiger partial charge in [0.25, 0.3) is 5.91 Å². The van der Waals surface area contributed by atoms with Gasteiger partial charge >= 0.3 is 0 Å². The topological polar surface area (TPSA) is 45.1 Å².